The van der Waals surface area contributed by atoms with Crippen LogP contribution in [0, 0.1) is 12.7 Å². The summed E-state index contributed by atoms with van der Waals surface area (Å²) >= 11 is 13.9. The number of carbonyl (C=O) groups is 2. The lowest BCUT2D eigenvalue weighted by Crippen LogP contribution is -2.13. The summed E-state index contributed by atoms with van der Waals surface area (Å²) in [7, 11) is 0. The van der Waals surface area contributed by atoms with Gasteiger partial charge in [0.1, 0.15) is 16.3 Å². The number of amides is 1. The van der Waals surface area contributed by atoms with Crippen LogP contribution in [0.2, 0.25) is 10.0 Å². The number of hydrogen-bond acceptors (Lipinski definition) is 4. The first-order valence-electron chi connectivity index (χ1n) is 9.85. The first-order valence-corrected chi connectivity index (χ1v) is 11.4. The number of thiophene rings is 1. The van der Waals surface area contributed by atoms with E-state index in [4.69, 9.17) is 27.6 Å². The zero-order valence-electron chi connectivity index (χ0n) is 17.0. The van der Waals surface area contributed by atoms with Crippen molar-refractivity contribution in [1.82, 2.24) is 0 Å². The lowest BCUT2D eigenvalue weighted by atomic mass is 10.0. The van der Waals surface area contributed by atoms with Gasteiger partial charge in [0.05, 0.1) is 15.7 Å². The molecule has 0 aliphatic heterocycles. The van der Waals surface area contributed by atoms with Gasteiger partial charge >= 0.3 is 0 Å². The molecule has 164 valence electrons. The molecule has 33 heavy (non-hydrogen) atoms. The number of ketones is 1. The summed E-state index contributed by atoms with van der Waals surface area (Å²) in [6, 6.07) is 16.4. The Bertz CT molecular complexity index is 1590. The minimum atomic E-state index is -0.550. The first-order chi connectivity index (χ1) is 15.8. The highest BCUT2D eigenvalue weighted by Crippen LogP contribution is 2.40. The topological polar surface area (TPSA) is 59.3 Å². The van der Waals surface area contributed by atoms with E-state index in [1.54, 1.807) is 43.3 Å². The first kappa shape index (κ1) is 21.6. The van der Waals surface area contributed by atoms with E-state index in [1.165, 1.54) is 23.5 Å². The lowest BCUT2D eigenvalue weighted by molar-refractivity contribution is 0.101. The Morgan fingerprint density at radius 3 is 2.58 bits per heavy atom. The zero-order chi connectivity index (χ0) is 23.3. The van der Waals surface area contributed by atoms with Crippen molar-refractivity contribution in [2.45, 2.75) is 6.92 Å². The standard InChI is InChI=1S/C25H14Cl2FNO3S/c1-12-9-10-13(11-16(12)28)22(30)23-21(14-5-2-3-7-17(14)32-23)29-25(31)24-20(27)19-15(26)6-4-8-18(19)33-24/h2-11H,1H3,(H,29,31). The van der Waals surface area contributed by atoms with E-state index in [0.717, 1.165) is 10.8 Å². The summed E-state index contributed by atoms with van der Waals surface area (Å²) in [5.41, 5.74) is 1.14. The predicted molar refractivity (Wildman–Crippen MR) is 131 cm³/mol. The van der Waals surface area contributed by atoms with Crippen LogP contribution < -0.4 is 5.32 Å². The molecule has 0 fully saturated rings. The van der Waals surface area contributed by atoms with Gasteiger partial charge in [-0.15, -0.1) is 11.3 Å². The smallest absolute Gasteiger partial charge is 0.267 e. The van der Waals surface area contributed by atoms with E-state index in [9.17, 15) is 14.0 Å². The second-order valence-corrected chi connectivity index (χ2v) is 9.25. The van der Waals surface area contributed by atoms with Crippen molar-refractivity contribution < 1.29 is 18.4 Å². The van der Waals surface area contributed by atoms with Crippen molar-refractivity contribution in [1.29, 1.82) is 0 Å². The molecule has 0 aliphatic rings. The van der Waals surface area contributed by atoms with E-state index in [1.807, 2.05) is 6.07 Å². The number of carbonyl (C=O) groups excluding carboxylic acids is 2. The van der Waals surface area contributed by atoms with Crippen molar-refractivity contribution in [2.24, 2.45) is 0 Å². The highest BCUT2D eigenvalue weighted by Gasteiger charge is 2.26. The number of rotatable bonds is 4. The molecule has 3 aromatic carbocycles. The van der Waals surface area contributed by atoms with Gasteiger partial charge in [-0.2, -0.15) is 0 Å². The maximum Gasteiger partial charge on any atom is 0.267 e. The van der Waals surface area contributed by atoms with Gasteiger partial charge in [0, 0.05) is 21.0 Å². The fourth-order valence-electron chi connectivity index (χ4n) is 3.58. The number of aryl methyl sites for hydroxylation is 1. The van der Waals surface area contributed by atoms with Gasteiger partial charge in [-0.3, -0.25) is 9.59 Å². The number of hydrogen-bond donors (Lipinski definition) is 1. The molecule has 2 aromatic heterocycles. The molecular weight excluding hydrogens is 484 g/mol. The van der Waals surface area contributed by atoms with E-state index >= 15 is 0 Å². The number of para-hydroxylation sites is 1. The van der Waals surface area contributed by atoms with Gasteiger partial charge in [0.2, 0.25) is 5.78 Å². The monoisotopic (exact) mass is 497 g/mol. The quantitative estimate of drug-likeness (QED) is 0.257. The summed E-state index contributed by atoms with van der Waals surface area (Å²) in [6.45, 7) is 1.61. The molecule has 1 N–H and O–H groups in total. The minimum absolute atomic E-state index is 0.0944. The fourth-order valence-corrected chi connectivity index (χ4v) is 5.43. The highest BCUT2D eigenvalue weighted by molar-refractivity contribution is 7.21. The van der Waals surface area contributed by atoms with Gasteiger partial charge in [-0.25, -0.2) is 4.39 Å². The zero-order valence-corrected chi connectivity index (χ0v) is 19.4. The molecule has 0 bridgehead atoms. The number of nitrogens with one attached hydrogen (secondary N) is 1. The Labute approximate surface area is 201 Å². The molecule has 0 saturated heterocycles. The van der Waals surface area contributed by atoms with Gasteiger partial charge < -0.3 is 9.73 Å². The number of furan rings is 1. The predicted octanol–water partition coefficient (Wildman–Crippen LogP) is 7.89. The van der Waals surface area contributed by atoms with Crippen molar-refractivity contribution in [3.8, 4) is 0 Å². The van der Waals surface area contributed by atoms with Crippen LogP contribution in [-0.2, 0) is 0 Å². The summed E-state index contributed by atoms with van der Waals surface area (Å²) in [5, 5.41) is 4.60. The van der Waals surface area contributed by atoms with E-state index in [0.29, 0.717) is 26.9 Å². The normalized spacial score (nSPS) is 11.3. The van der Waals surface area contributed by atoms with Crippen molar-refractivity contribution >= 4 is 73.0 Å². The number of benzene rings is 3. The molecule has 8 heteroatoms. The van der Waals surface area contributed by atoms with E-state index in [-0.39, 0.29) is 26.9 Å². The lowest BCUT2D eigenvalue weighted by Gasteiger charge is -2.06. The van der Waals surface area contributed by atoms with Crippen LogP contribution in [0.5, 0.6) is 0 Å². The second-order valence-electron chi connectivity index (χ2n) is 7.41. The molecule has 5 rings (SSSR count). The van der Waals surface area contributed by atoms with Crippen LogP contribution in [-0.4, -0.2) is 11.7 Å². The third kappa shape index (κ3) is 3.70. The van der Waals surface area contributed by atoms with Crippen LogP contribution in [0.15, 0.2) is 65.1 Å². The molecule has 0 atom stereocenters. The molecule has 1 amide bonds. The van der Waals surface area contributed by atoms with Gasteiger partial charge in [-0.1, -0.05) is 53.5 Å². The summed E-state index contributed by atoms with van der Waals surface area (Å²) in [5.74, 6) is -1.65. The largest absolute Gasteiger partial charge is 0.450 e. The SMILES string of the molecule is Cc1ccc(C(=O)c2oc3ccccc3c2NC(=O)c2sc3cccc(Cl)c3c2Cl)cc1F. The summed E-state index contributed by atoms with van der Waals surface area (Å²) in [4.78, 5) is 26.7. The van der Waals surface area contributed by atoms with Crippen LogP contribution in [0.1, 0.15) is 31.4 Å². The Kier molecular flexibility index (Phi) is 5.44. The van der Waals surface area contributed by atoms with Crippen molar-refractivity contribution in [3.05, 3.63) is 98.3 Å². The molecule has 2 heterocycles. The molecule has 0 spiro atoms. The summed E-state index contributed by atoms with van der Waals surface area (Å²) in [6.07, 6.45) is 0. The maximum absolute atomic E-state index is 14.1. The van der Waals surface area contributed by atoms with E-state index < -0.39 is 17.5 Å². The highest BCUT2D eigenvalue weighted by atomic mass is 35.5. The summed E-state index contributed by atoms with van der Waals surface area (Å²) < 4.78 is 20.7. The molecule has 0 aliphatic carbocycles. The number of fused-ring (bicyclic) bond motifs is 2. The molecule has 0 radical (unpaired) electrons. The van der Waals surface area contributed by atoms with Gasteiger partial charge in [0.25, 0.3) is 5.91 Å². The second kappa shape index (κ2) is 8.30. The van der Waals surface area contributed by atoms with Crippen LogP contribution >= 0.6 is 34.5 Å². The third-order valence-electron chi connectivity index (χ3n) is 5.29. The van der Waals surface area contributed by atoms with Crippen LogP contribution in [0.3, 0.4) is 0 Å². The average molecular weight is 498 g/mol. The molecule has 4 nitrogen and oxygen atoms in total. The molecular formula is C25H14Cl2FNO3S. The third-order valence-corrected chi connectivity index (χ3v) is 7.25. The molecule has 0 unspecified atom stereocenters. The van der Waals surface area contributed by atoms with Gasteiger partial charge in [0.15, 0.2) is 5.76 Å². The Morgan fingerprint density at radius 2 is 1.82 bits per heavy atom. The van der Waals surface area contributed by atoms with Crippen molar-refractivity contribution in [2.75, 3.05) is 5.32 Å². The maximum atomic E-state index is 14.1. The van der Waals surface area contributed by atoms with Gasteiger partial charge in [-0.05, 0) is 42.8 Å². The van der Waals surface area contributed by atoms with E-state index in [2.05, 4.69) is 5.32 Å². The van der Waals surface area contributed by atoms with Crippen molar-refractivity contribution in [3.63, 3.8) is 0 Å². The Hall–Kier alpha value is -3.19. The fraction of sp³-hybridized carbons (Fsp3) is 0.0400. The number of halogens is 3. The molecule has 5 aromatic rings. The Balaban J connectivity index is 1.60. The number of anilines is 1. The Morgan fingerprint density at radius 1 is 1.03 bits per heavy atom. The van der Waals surface area contributed by atoms with Crippen LogP contribution in [0.4, 0.5) is 10.1 Å². The minimum Gasteiger partial charge on any atom is -0.450 e. The van der Waals surface area contributed by atoms with Crippen LogP contribution in [0.25, 0.3) is 21.1 Å². The average Bonchev–Trinajstić information content (AvgIpc) is 3.34. The molecule has 0 saturated carbocycles.